The second-order valence-electron chi connectivity index (χ2n) is 5.87. The van der Waals surface area contributed by atoms with Crippen LogP contribution in [0.3, 0.4) is 0 Å². The van der Waals surface area contributed by atoms with E-state index in [0.717, 1.165) is 12.8 Å². The second kappa shape index (κ2) is 12.8. The van der Waals surface area contributed by atoms with Crippen molar-refractivity contribution in [3.63, 3.8) is 0 Å². The summed E-state index contributed by atoms with van der Waals surface area (Å²) in [5.41, 5.74) is 0.617. The first-order valence-electron chi connectivity index (χ1n) is 8.83. The van der Waals surface area contributed by atoms with Gasteiger partial charge in [0.15, 0.2) is 0 Å². The van der Waals surface area contributed by atoms with E-state index in [-0.39, 0.29) is 11.9 Å². The maximum Gasteiger partial charge on any atom is 0.305 e. The van der Waals surface area contributed by atoms with Gasteiger partial charge in [-0.25, -0.2) is 0 Å². The molecule has 1 aromatic carbocycles. The molecule has 0 spiro atoms. The first-order valence-corrected chi connectivity index (χ1v) is 9.21. The minimum atomic E-state index is -0.169. The third kappa shape index (κ3) is 9.56. The van der Waals surface area contributed by atoms with E-state index in [9.17, 15) is 9.59 Å². The number of unbranched alkanes of at least 4 members (excludes halogenated alkanes) is 5. The topological polar surface area (TPSA) is 55.4 Å². The molecule has 1 rings (SSSR count). The van der Waals surface area contributed by atoms with Crippen LogP contribution in [-0.2, 0) is 14.3 Å². The van der Waals surface area contributed by atoms with Gasteiger partial charge in [0.05, 0.1) is 17.3 Å². The fourth-order valence-corrected chi connectivity index (χ4v) is 2.48. The molecular weight excluding hydrogens is 326 g/mol. The molecule has 24 heavy (non-hydrogen) atoms. The molecule has 0 fully saturated rings. The van der Waals surface area contributed by atoms with Crippen LogP contribution in [0.4, 0.5) is 5.69 Å². The molecule has 0 aromatic heterocycles. The standard InChI is InChI=1S/C19H28ClNO3/c1-2-3-4-5-10-15-24-19(23)14-9-8-13-18(22)21-17-12-7-6-11-16(17)20/h6-7,11-12H,2-5,8-10,13-15H2,1H3,(H,21,22). The van der Waals surface area contributed by atoms with Gasteiger partial charge in [0.1, 0.15) is 0 Å². The molecule has 0 atom stereocenters. The molecule has 5 heteroatoms. The third-order valence-corrected chi connectivity index (χ3v) is 4.02. The molecule has 0 aliphatic carbocycles. The highest BCUT2D eigenvalue weighted by molar-refractivity contribution is 6.33. The van der Waals surface area contributed by atoms with Crippen molar-refractivity contribution in [3.05, 3.63) is 29.3 Å². The predicted octanol–water partition coefficient (Wildman–Crippen LogP) is 5.35. The molecule has 0 radical (unpaired) electrons. The highest BCUT2D eigenvalue weighted by Crippen LogP contribution is 2.20. The summed E-state index contributed by atoms with van der Waals surface area (Å²) in [6, 6.07) is 7.13. The summed E-state index contributed by atoms with van der Waals surface area (Å²) in [6.45, 7) is 2.68. The lowest BCUT2D eigenvalue weighted by Crippen LogP contribution is -2.12. The zero-order valence-corrected chi connectivity index (χ0v) is 15.2. The van der Waals surface area contributed by atoms with Crippen molar-refractivity contribution in [1.29, 1.82) is 0 Å². The molecule has 1 amide bonds. The monoisotopic (exact) mass is 353 g/mol. The van der Waals surface area contributed by atoms with Crippen molar-refractivity contribution in [1.82, 2.24) is 0 Å². The molecule has 4 nitrogen and oxygen atoms in total. The Morgan fingerprint density at radius 2 is 1.71 bits per heavy atom. The fourth-order valence-electron chi connectivity index (χ4n) is 2.29. The minimum Gasteiger partial charge on any atom is -0.466 e. The Bertz CT molecular complexity index is 505. The van der Waals surface area contributed by atoms with Gasteiger partial charge < -0.3 is 10.1 Å². The zero-order chi connectivity index (χ0) is 17.6. The Balaban J connectivity index is 2.03. The van der Waals surface area contributed by atoms with Crippen LogP contribution in [-0.4, -0.2) is 18.5 Å². The van der Waals surface area contributed by atoms with Gasteiger partial charge in [-0.05, 0) is 31.4 Å². The van der Waals surface area contributed by atoms with Crippen LogP contribution < -0.4 is 5.32 Å². The number of rotatable bonds is 12. The van der Waals surface area contributed by atoms with Crippen LogP contribution in [0, 0.1) is 0 Å². The van der Waals surface area contributed by atoms with Crippen LogP contribution in [0.25, 0.3) is 0 Å². The van der Waals surface area contributed by atoms with E-state index in [0.29, 0.717) is 43.0 Å². The number of hydrogen-bond donors (Lipinski definition) is 1. The normalized spacial score (nSPS) is 10.4. The quantitative estimate of drug-likeness (QED) is 0.407. The van der Waals surface area contributed by atoms with Gasteiger partial charge in [0, 0.05) is 12.8 Å². The average Bonchev–Trinajstić information content (AvgIpc) is 2.57. The Kier molecular flexibility index (Phi) is 10.9. The van der Waals surface area contributed by atoms with Crippen molar-refractivity contribution in [2.45, 2.75) is 64.7 Å². The summed E-state index contributed by atoms with van der Waals surface area (Å²) in [5, 5.41) is 3.29. The molecule has 0 unspecified atom stereocenters. The molecule has 134 valence electrons. The van der Waals surface area contributed by atoms with Crippen molar-refractivity contribution >= 4 is 29.2 Å². The van der Waals surface area contributed by atoms with E-state index in [1.165, 1.54) is 19.3 Å². The number of amides is 1. The van der Waals surface area contributed by atoms with Gasteiger partial charge in [0.2, 0.25) is 5.91 Å². The number of benzene rings is 1. The highest BCUT2D eigenvalue weighted by atomic mass is 35.5. The number of para-hydroxylation sites is 1. The summed E-state index contributed by atoms with van der Waals surface area (Å²) in [4.78, 5) is 23.4. The molecule has 1 N–H and O–H groups in total. The molecule has 0 saturated carbocycles. The average molecular weight is 354 g/mol. The lowest BCUT2D eigenvalue weighted by molar-refractivity contribution is -0.144. The van der Waals surface area contributed by atoms with Gasteiger partial charge in [-0.2, -0.15) is 0 Å². The predicted molar refractivity (Wildman–Crippen MR) is 98.3 cm³/mol. The molecule has 0 bridgehead atoms. The van der Waals surface area contributed by atoms with E-state index < -0.39 is 0 Å². The van der Waals surface area contributed by atoms with Crippen molar-refractivity contribution in [2.24, 2.45) is 0 Å². The van der Waals surface area contributed by atoms with Gasteiger partial charge in [0.25, 0.3) is 0 Å². The van der Waals surface area contributed by atoms with E-state index in [1.807, 2.05) is 12.1 Å². The summed E-state index contributed by atoms with van der Waals surface area (Å²) in [6.07, 6.45) is 7.76. The van der Waals surface area contributed by atoms with Crippen LogP contribution in [0.1, 0.15) is 64.7 Å². The number of esters is 1. The van der Waals surface area contributed by atoms with Gasteiger partial charge in [-0.3, -0.25) is 9.59 Å². The lowest BCUT2D eigenvalue weighted by atomic mass is 10.1. The Morgan fingerprint density at radius 1 is 1.00 bits per heavy atom. The summed E-state index contributed by atoms with van der Waals surface area (Å²) in [7, 11) is 0. The summed E-state index contributed by atoms with van der Waals surface area (Å²) in [5.74, 6) is -0.260. The van der Waals surface area contributed by atoms with Crippen LogP contribution in [0.5, 0.6) is 0 Å². The van der Waals surface area contributed by atoms with E-state index in [1.54, 1.807) is 12.1 Å². The SMILES string of the molecule is CCCCCCCOC(=O)CCCCC(=O)Nc1ccccc1Cl. The number of carbonyl (C=O) groups excluding carboxylic acids is 2. The minimum absolute atomic E-state index is 0.0904. The van der Waals surface area contributed by atoms with Crippen molar-refractivity contribution in [3.8, 4) is 0 Å². The molecule has 0 aliphatic rings. The Hall–Kier alpha value is -1.55. The maximum absolute atomic E-state index is 11.8. The van der Waals surface area contributed by atoms with Crippen LogP contribution in [0.15, 0.2) is 24.3 Å². The number of ether oxygens (including phenoxy) is 1. The van der Waals surface area contributed by atoms with Crippen molar-refractivity contribution in [2.75, 3.05) is 11.9 Å². The number of nitrogens with one attached hydrogen (secondary N) is 1. The van der Waals surface area contributed by atoms with E-state index in [2.05, 4.69) is 12.2 Å². The van der Waals surface area contributed by atoms with Crippen LogP contribution in [0.2, 0.25) is 5.02 Å². The number of carbonyl (C=O) groups is 2. The molecule has 0 heterocycles. The van der Waals surface area contributed by atoms with Gasteiger partial charge in [-0.1, -0.05) is 56.3 Å². The largest absolute Gasteiger partial charge is 0.466 e. The first kappa shape index (κ1) is 20.5. The Morgan fingerprint density at radius 3 is 2.46 bits per heavy atom. The van der Waals surface area contributed by atoms with E-state index in [4.69, 9.17) is 16.3 Å². The van der Waals surface area contributed by atoms with Gasteiger partial charge in [-0.15, -0.1) is 0 Å². The number of halogens is 1. The van der Waals surface area contributed by atoms with E-state index >= 15 is 0 Å². The smallest absolute Gasteiger partial charge is 0.305 e. The third-order valence-electron chi connectivity index (χ3n) is 3.69. The highest BCUT2D eigenvalue weighted by Gasteiger charge is 2.07. The molecule has 0 aliphatic heterocycles. The zero-order valence-electron chi connectivity index (χ0n) is 14.5. The summed E-state index contributed by atoms with van der Waals surface area (Å²) >= 11 is 5.98. The Labute approximate surface area is 149 Å². The number of anilines is 1. The summed E-state index contributed by atoms with van der Waals surface area (Å²) < 4.78 is 5.18. The first-order chi connectivity index (χ1) is 11.6. The maximum atomic E-state index is 11.8. The lowest BCUT2D eigenvalue weighted by Gasteiger charge is -2.07. The van der Waals surface area contributed by atoms with Gasteiger partial charge >= 0.3 is 5.97 Å². The molecule has 0 saturated heterocycles. The molecular formula is C19H28ClNO3. The fraction of sp³-hybridized carbons (Fsp3) is 0.579. The molecule has 1 aromatic rings. The van der Waals surface area contributed by atoms with Crippen LogP contribution >= 0.6 is 11.6 Å². The number of hydrogen-bond acceptors (Lipinski definition) is 3. The second-order valence-corrected chi connectivity index (χ2v) is 6.28. The van der Waals surface area contributed by atoms with Crippen molar-refractivity contribution < 1.29 is 14.3 Å².